The molecule has 0 aliphatic heterocycles. The summed E-state index contributed by atoms with van der Waals surface area (Å²) in [4.78, 5) is 20.8. The van der Waals surface area contributed by atoms with Crippen molar-refractivity contribution in [3.63, 3.8) is 0 Å². The molecule has 1 atom stereocenters. The summed E-state index contributed by atoms with van der Waals surface area (Å²) >= 11 is 0. The summed E-state index contributed by atoms with van der Waals surface area (Å²) in [7, 11) is 4.06. The highest BCUT2D eigenvalue weighted by molar-refractivity contribution is 5.78. The van der Waals surface area contributed by atoms with Gasteiger partial charge in [0.2, 0.25) is 5.91 Å². The number of benzene rings is 1. The van der Waals surface area contributed by atoms with E-state index in [1.54, 1.807) is 0 Å². The van der Waals surface area contributed by atoms with Crippen molar-refractivity contribution in [2.75, 3.05) is 27.2 Å². The minimum atomic E-state index is 0.260. The number of amides is 1. The first kappa shape index (κ1) is 20.4. The molecule has 0 bridgehead atoms. The summed E-state index contributed by atoms with van der Waals surface area (Å²) in [6.07, 6.45) is 3.47. The van der Waals surface area contributed by atoms with Gasteiger partial charge in [-0.3, -0.25) is 9.78 Å². The number of nitrogens with zero attached hydrogens (tertiary/aromatic N) is 3. The van der Waals surface area contributed by atoms with Crippen molar-refractivity contribution in [1.29, 1.82) is 0 Å². The molecule has 0 saturated heterocycles. The van der Waals surface area contributed by atoms with Gasteiger partial charge in [-0.25, -0.2) is 0 Å². The lowest BCUT2D eigenvalue weighted by Crippen LogP contribution is -2.31. The molecule has 0 spiro atoms. The van der Waals surface area contributed by atoms with E-state index in [-0.39, 0.29) is 5.91 Å². The summed E-state index contributed by atoms with van der Waals surface area (Å²) < 4.78 is 0. The summed E-state index contributed by atoms with van der Waals surface area (Å²) in [5.74, 6) is 1.25. The second-order valence-corrected chi connectivity index (χ2v) is 7.86. The van der Waals surface area contributed by atoms with Gasteiger partial charge in [-0.1, -0.05) is 32.9 Å². The topological polar surface area (TPSA) is 36.4 Å². The van der Waals surface area contributed by atoms with Crippen LogP contribution in [0.25, 0.3) is 10.9 Å². The van der Waals surface area contributed by atoms with Gasteiger partial charge in [0.15, 0.2) is 0 Å². The number of rotatable bonds is 9. The molecule has 0 fully saturated rings. The van der Waals surface area contributed by atoms with E-state index in [0.717, 1.165) is 31.6 Å². The number of aromatic nitrogens is 1. The molecule has 0 radical (unpaired) electrons. The summed E-state index contributed by atoms with van der Waals surface area (Å²) in [5.41, 5.74) is 2.33. The highest BCUT2D eigenvalue weighted by Crippen LogP contribution is 2.16. The minimum Gasteiger partial charge on any atom is -0.346 e. The van der Waals surface area contributed by atoms with Crippen LogP contribution in [-0.2, 0) is 11.3 Å². The standard InChI is InChI=1S/C22H33N3O/c1-17(2)18(3)14-22(26)25(5)13-7-12-24(4)16-19-9-10-21-20(15-19)8-6-11-23-21/h6,8-11,15,17-18H,7,12-14,16H2,1-5H3. The Bertz CT molecular complexity index is 713. The number of pyridine rings is 1. The molecule has 0 saturated carbocycles. The second-order valence-electron chi connectivity index (χ2n) is 7.86. The van der Waals surface area contributed by atoms with Gasteiger partial charge in [0, 0.05) is 38.1 Å². The molecule has 2 aromatic rings. The molecule has 4 heteroatoms. The SMILES string of the molecule is CC(C)C(C)CC(=O)N(C)CCCN(C)Cc1ccc2ncccc2c1. The third-order valence-electron chi connectivity index (χ3n) is 5.21. The van der Waals surface area contributed by atoms with Crippen LogP contribution < -0.4 is 0 Å². The first-order valence-corrected chi connectivity index (χ1v) is 9.63. The van der Waals surface area contributed by atoms with Gasteiger partial charge in [-0.15, -0.1) is 0 Å². The second kappa shape index (κ2) is 9.67. The smallest absolute Gasteiger partial charge is 0.222 e. The summed E-state index contributed by atoms with van der Waals surface area (Å²) in [6.45, 7) is 9.21. The van der Waals surface area contributed by atoms with Crippen LogP contribution in [-0.4, -0.2) is 47.9 Å². The van der Waals surface area contributed by atoms with Crippen molar-refractivity contribution in [3.8, 4) is 0 Å². The average molecular weight is 356 g/mol. The van der Waals surface area contributed by atoms with Gasteiger partial charge in [0.05, 0.1) is 5.52 Å². The van der Waals surface area contributed by atoms with Crippen LogP contribution in [0.3, 0.4) is 0 Å². The summed E-state index contributed by atoms with van der Waals surface area (Å²) in [5, 5.41) is 1.18. The van der Waals surface area contributed by atoms with Gasteiger partial charge < -0.3 is 9.80 Å². The van der Waals surface area contributed by atoms with E-state index in [4.69, 9.17) is 0 Å². The van der Waals surface area contributed by atoms with E-state index in [1.165, 1.54) is 10.9 Å². The van der Waals surface area contributed by atoms with Crippen LogP contribution in [0.4, 0.5) is 0 Å². The molecule has 1 heterocycles. The van der Waals surface area contributed by atoms with Crippen LogP contribution in [0.2, 0.25) is 0 Å². The molecule has 1 aromatic heterocycles. The molecular weight excluding hydrogens is 322 g/mol. The van der Waals surface area contributed by atoms with Crippen molar-refractivity contribution < 1.29 is 4.79 Å². The number of carbonyl (C=O) groups is 1. The first-order valence-electron chi connectivity index (χ1n) is 9.63. The molecular formula is C22H33N3O. The molecule has 0 aliphatic carbocycles. The zero-order valence-corrected chi connectivity index (χ0v) is 16.9. The predicted octanol–water partition coefficient (Wildman–Crippen LogP) is 4.20. The highest BCUT2D eigenvalue weighted by atomic mass is 16.2. The fraction of sp³-hybridized carbons (Fsp3) is 0.545. The third-order valence-corrected chi connectivity index (χ3v) is 5.21. The lowest BCUT2D eigenvalue weighted by Gasteiger charge is -2.23. The Hall–Kier alpha value is -1.94. The van der Waals surface area contributed by atoms with Gasteiger partial charge in [-0.2, -0.15) is 0 Å². The van der Waals surface area contributed by atoms with E-state index in [1.807, 2.05) is 24.2 Å². The van der Waals surface area contributed by atoms with Crippen molar-refractivity contribution in [1.82, 2.24) is 14.8 Å². The maximum Gasteiger partial charge on any atom is 0.222 e. The van der Waals surface area contributed by atoms with Crippen LogP contribution in [0.5, 0.6) is 0 Å². The maximum atomic E-state index is 12.3. The van der Waals surface area contributed by atoms with E-state index < -0.39 is 0 Å². The minimum absolute atomic E-state index is 0.260. The number of hydrogen-bond donors (Lipinski definition) is 0. The fourth-order valence-corrected chi connectivity index (χ4v) is 2.98. The van der Waals surface area contributed by atoms with Crippen LogP contribution in [0, 0.1) is 11.8 Å². The van der Waals surface area contributed by atoms with E-state index in [2.05, 4.69) is 62.0 Å². The van der Waals surface area contributed by atoms with E-state index in [9.17, 15) is 4.79 Å². The van der Waals surface area contributed by atoms with Gasteiger partial charge in [0.1, 0.15) is 0 Å². The molecule has 1 aromatic carbocycles. The largest absolute Gasteiger partial charge is 0.346 e. The molecule has 26 heavy (non-hydrogen) atoms. The monoisotopic (exact) mass is 355 g/mol. The van der Waals surface area contributed by atoms with Crippen molar-refractivity contribution in [3.05, 3.63) is 42.1 Å². The lowest BCUT2D eigenvalue weighted by atomic mass is 9.94. The molecule has 2 rings (SSSR count). The Morgan fingerprint density at radius 3 is 2.62 bits per heavy atom. The van der Waals surface area contributed by atoms with E-state index in [0.29, 0.717) is 18.3 Å². The Labute approximate surface area is 158 Å². The Morgan fingerprint density at radius 1 is 1.12 bits per heavy atom. The number of hydrogen-bond acceptors (Lipinski definition) is 3. The Kier molecular flexibility index (Phi) is 7.58. The third kappa shape index (κ3) is 6.10. The maximum absolute atomic E-state index is 12.3. The average Bonchev–Trinajstić information content (AvgIpc) is 2.61. The number of fused-ring (bicyclic) bond motifs is 1. The molecule has 0 N–H and O–H groups in total. The van der Waals surface area contributed by atoms with Crippen molar-refractivity contribution in [2.24, 2.45) is 11.8 Å². The summed E-state index contributed by atoms with van der Waals surface area (Å²) in [6, 6.07) is 10.5. The van der Waals surface area contributed by atoms with Crippen LogP contribution in [0.1, 0.15) is 39.2 Å². The van der Waals surface area contributed by atoms with E-state index >= 15 is 0 Å². The van der Waals surface area contributed by atoms with Gasteiger partial charge in [-0.05, 0) is 55.6 Å². The highest BCUT2D eigenvalue weighted by Gasteiger charge is 2.15. The zero-order chi connectivity index (χ0) is 19.1. The van der Waals surface area contributed by atoms with Gasteiger partial charge >= 0.3 is 0 Å². The quantitative estimate of drug-likeness (QED) is 0.676. The predicted molar refractivity (Wildman–Crippen MR) is 109 cm³/mol. The van der Waals surface area contributed by atoms with Crippen molar-refractivity contribution in [2.45, 2.75) is 40.2 Å². The molecule has 1 unspecified atom stereocenters. The fourth-order valence-electron chi connectivity index (χ4n) is 2.98. The normalized spacial score (nSPS) is 12.7. The van der Waals surface area contributed by atoms with Crippen LogP contribution in [0.15, 0.2) is 36.5 Å². The van der Waals surface area contributed by atoms with Crippen molar-refractivity contribution >= 4 is 16.8 Å². The lowest BCUT2D eigenvalue weighted by molar-refractivity contribution is -0.131. The number of carbonyl (C=O) groups excluding carboxylic acids is 1. The Balaban J connectivity index is 1.75. The molecule has 4 nitrogen and oxygen atoms in total. The van der Waals surface area contributed by atoms with Gasteiger partial charge in [0.25, 0.3) is 0 Å². The molecule has 142 valence electrons. The molecule has 0 aliphatic rings. The zero-order valence-electron chi connectivity index (χ0n) is 16.9. The first-order chi connectivity index (χ1) is 12.4. The Morgan fingerprint density at radius 2 is 1.88 bits per heavy atom. The van der Waals surface area contributed by atoms with Crippen LogP contribution >= 0.6 is 0 Å². The molecule has 1 amide bonds.